The molecule has 0 unspecified atom stereocenters. The van der Waals surface area contributed by atoms with Gasteiger partial charge in [0.15, 0.2) is 0 Å². The Bertz CT molecular complexity index is 583. The Morgan fingerprint density at radius 2 is 1.09 bits per heavy atom. The molecule has 120 valence electrons. The second-order valence-corrected chi connectivity index (χ2v) is 5.58. The summed E-state index contributed by atoms with van der Waals surface area (Å²) in [7, 11) is 0. The molecule has 2 N–H and O–H groups in total. The molecule has 0 radical (unpaired) electrons. The number of benzene rings is 2. The number of carbonyl (C=O) groups excluding carboxylic acids is 2. The van der Waals surface area contributed by atoms with Crippen LogP contribution in [0.4, 0.5) is 0 Å². The van der Waals surface area contributed by atoms with Gasteiger partial charge in [0.25, 0.3) is 0 Å². The van der Waals surface area contributed by atoms with Crippen molar-refractivity contribution in [1.29, 1.82) is 0 Å². The van der Waals surface area contributed by atoms with Gasteiger partial charge in [-0.2, -0.15) is 0 Å². The average molecular weight is 310 g/mol. The van der Waals surface area contributed by atoms with E-state index in [4.69, 9.17) is 0 Å². The summed E-state index contributed by atoms with van der Waals surface area (Å²) in [4.78, 5) is 24.0. The van der Waals surface area contributed by atoms with Gasteiger partial charge in [-0.05, 0) is 25.0 Å². The highest BCUT2D eigenvalue weighted by molar-refractivity contribution is 5.97. The van der Waals surface area contributed by atoms with Gasteiger partial charge in [-0.15, -0.1) is 0 Å². The fourth-order valence-electron chi connectivity index (χ4n) is 2.38. The first-order valence-corrected chi connectivity index (χ1v) is 7.75. The van der Waals surface area contributed by atoms with Crippen LogP contribution in [0, 0.1) is 0 Å². The van der Waals surface area contributed by atoms with Crippen LogP contribution in [-0.4, -0.2) is 11.8 Å². The third kappa shape index (κ3) is 5.25. The van der Waals surface area contributed by atoms with Gasteiger partial charge >= 0.3 is 0 Å². The van der Waals surface area contributed by atoms with Crippen LogP contribution in [0.5, 0.6) is 0 Å². The molecule has 0 heterocycles. The summed E-state index contributed by atoms with van der Waals surface area (Å²) in [6, 6.07) is 19.1. The molecule has 23 heavy (non-hydrogen) atoms. The topological polar surface area (TPSA) is 58.2 Å². The van der Waals surface area contributed by atoms with Gasteiger partial charge in [-0.25, -0.2) is 0 Å². The second-order valence-electron chi connectivity index (χ2n) is 5.58. The lowest BCUT2D eigenvalue weighted by atomic mass is 10.1. The predicted octanol–water partition coefficient (Wildman–Crippen LogP) is 3.13. The zero-order chi connectivity index (χ0) is 16.7. The Balaban J connectivity index is 1.82. The molecule has 2 amide bonds. The van der Waals surface area contributed by atoms with E-state index in [1.54, 1.807) is 0 Å². The highest BCUT2D eigenvalue weighted by Crippen LogP contribution is 2.12. The normalized spacial score (nSPS) is 13.0. The minimum atomic E-state index is -0.279. The van der Waals surface area contributed by atoms with E-state index >= 15 is 0 Å². The van der Waals surface area contributed by atoms with E-state index in [2.05, 4.69) is 10.6 Å². The number of hydrogen-bond donors (Lipinski definition) is 2. The molecule has 0 aliphatic rings. The largest absolute Gasteiger partial charge is 0.349 e. The van der Waals surface area contributed by atoms with Crippen molar-refractivity contribution >= 4 is 11.8 Å². The summed E-state index contributed by atoms with van der Waals surface area (Å²) < 4.78 is 0. The van der Waals surface area contributed by atoms with Crippen molar-refractivity contribution in [2.24, 2.45) is 0 Å². The van der Waals surface area contributed by atoms with Crippen LogP contribution in [0.3, 0.4) is 0 Å². The summed E-state index contributed by atoms with van der Waals surface area (Å²) in [5.74, 6) is -0.557. The van der Waals surface area contributed by atoms with Crippen LogP contribution in [-0.2, 0) is 9.59 Å². The zero-order valence-electron chi connectivity index (χ0n) is 13.5. The van der Waals surface area contributed by atoms with Crippen LogP contribution < -0.4 is 10.6 Å². The van der Waals surface area contributed by atoms with Crippen LogP contribution in [0.15, 0.2) is 60.7 Å². The Kier molecular flexibility index (Phi) is 5.92. The number of nitrogens with one attached hydrogen (secondary N) is 2. The summed E-state index contributed by atoms with van der Waals surface area (Å²) >= 11 is 0. The fraction of sp³-hybridized carbons (Fsp3) is 0.263. The fourth-order valence-corrected chi connectivity index (χ4v) is 2.38. The van der Waals surface area contributed by atoms with Crippen LogP contribution >= 0.6 is 0 Å². The maximum atomic E-state index is 12.0. The van der Waals surface area contributed by atoms with Crippen molar-refractivity contribution in [1.82, 2.24) is 10.6 Å². The number of amides is 2. The van der Waals surface area contributed by atoms with Gasteiger partial charge in [0.1, 0.15) is 6.42 Å². The minimum Gasteiger partial charge on any atom is -0.349 e. The van der Waals surface area contributed by atoms with Crippen LogP contribution in [0.1, 0.15) is 43.5 Å². The van der Waals surface area contributed by atoms with E-state index in [0.29, 0.717) is 0 Å². The molecular weight excluding hydrogens is 288 g/mol. The Labute approximate surface area is 136 Å². The summed E-state index contributed by atoms with van der Waals surface area (Å²) in [5, 5.41) is 5.68. The highest BCUT2D eigenvalue weighted by Gasteiger charge is 2.15. The van der Waals surface area contributed by atoms with E-state index in [0.717, 1.165) is 11.1 Å². The van der Waals surface area contributed by atoms with Crippen LogP contribution in [0.25, 0.3) is 0 Å². The Morgan fingerprint density at radius 3 is 1.43 bits per heavy atom. The van der Waals surface area contributed by atoms with E-state index < -0.39 is 0 Å². The third-order valence-corrected chi connectivity index (χ3v) is 3.68. The van der Waals surface area contributed by atoms with Gasteiger partial charge in [0.05, 0.1) is 12.1 Å². The minimum absolute atomic E-state index is 0.122. The molecule has 4 heteroatoms. The molecule has 0 spiro atoms. The van der Waals surface area contributed by atoms with Crippen molar-refractivity contribution in [2.75, 3.05) is 0 Å². The first-order valence-electron chi connectivity index (χ1n) is 7.75. The lowest BCUT2D eigenvalue weighted by Gasteiger charge is -2.16. The van der Waals surface area contributed by atoms with E-state index in [-0.39, 0.29) is 30.3 Å². The zero-order valence-corrected chi connectivity index (χ0v) is 13.5. The predicted molar refractivity (Wildman–Crippen MR) is 90.6 cm³/mol. The Morgan fingerprint density at radius 1 is 0.739 bits per heavy atom. The van der Waals surface area contributed by atoms with Crippen molar-refractivity contribution in [3.05, 3.63) is 71.8 Å². The van der Waals surface area contributed by atoms with Crippen molar-refractivity contribution in [3.63, 3.8) is 0 Å². The lowest BCUT2D eigenvalue weighted by molar-refractivity contribution is -0.129. The summed E-state index contributed by atoms with van der Waals surface area (Å²) in [6.45, 7) is 3.80. The molecule has 0 aliphatic carbocycles. The molecule has 2 aromatic carbocycles. The molecule has 0 aromatic heterocycles. The van der Waals surface area contributed by atoms with E-state index in [1.807, 2.05) is 74.5 Å². The van der Waals surface area contributed by atoms with Gasteiger partial charge in [-0.3, -0.25) is 9.59 Å². The first-order chi connectivity index (χ1) is 11.1. The molecular formula is C19H22N2O2. The van der Waals surface area contributed by atoms with Gasteiger partial charge in [0.2, 0.25) is 11.8 Å². The summed E-state index contributed by atoms with van der Waals surface area (Å²) in [5.41, 5.74) is 2.03. The second kappa shape index (κ2) is 8.13. The van der Waals surface area contributed by atoms with Gasteiger partial charge in [-0.1, -0.05) is 60.7 Å². The van der Waals surface area contributed by atoms with E-state index in [1.165, 1.54) is 0 Å². The molecule has 2 aromatic rings. The SMILES string of the molecule is C[C@H](NC(=O)CC(=O)N[C@H](C)c1ccccc1)c1ccccc1. The molecule has 0 saturated carbocycles. The summed E-state index contributed by atoms with van der Waals surface area (Å²) in [6.07, 6.45) is -0.172. The molecule has 2 rings (SSSR count). The molecule has 2 atom stereocenters. The maximum Gasteiger partial charge on any atom is 0.229 e. The molecule has 0 bridgehead atoms. The third-order valence-electron chi connectivity index (χ3n) is 3.68. The van der Waals surface area contributed by atoms with Crippen molar-refractivity contribution < 1.29 is 9.59 Å². The monoisotopic (exact) mass is 310 g/mol. The standard InChI is InChI=1S/C19H22N2O2/c1-14(16-9-5-3-6-10-16)20-18(22)13-19(23)21-15(2)17-11-7-4-8-12-17/h3-12,14-15H,13H2,1-2H3,(H,20,22)(H,21,23)/t14-,15+. The number of carbonyl (C=O) groups is 2. The number of hydrogen-bond acceptors (Lipinski definition) is 2. The van der Waals surface area contributed by atoms with Crippen LogP contribution in [0.2, 0.25) is 0 Å². The lowest BCUT2D eigenvalue weighted by Crippen LogP contribution is -2.34. The molecule has 4 nitrogen and oxygen atoms in total. The number of rotatable bonds is 6. The van der Waals surface area contributed by atoms with Gasteiger partial charge < -0.3 is 10.6 Å². The Hall–Kier alpha value is -2.62. The van der Waals surface area contributed by atoms with E-state index in [9.17, 15) is 9.59 Å². The molecule has 0 saturated heterocycles. The molecule has 0 aliphatic heterocycles. The quantitative estimate of drug-likeness (QED) is 0.805. The van der Waals surface area contributed by atoms with Crippen molar-refractivity contribution in [3.8, 4) is 0 Å². The average Bonchev–Trinajstić information content (AvgIpc) is 2.56. The van der Waals surface area contributed by atoms with Gasteiger partial charge in [0, 0.05) is 0 Å². The smallest absolute Gasteiger partial charge is 0.229 e. The maximum absolute atomic E-state index is 12.0. The first kappa shape index (κ1) is 16.7. The van der Waals surface area contributed by atoms with Crippen molar-refractivity contribution in [2.45, 2.75) is 32.4 Å². The highest BCUT2D eigenvalue weighted by atomic mass is 16.2. The molecule has 0 fully saturated rings.